The van der Waals surface area contributed by atoms with Crippen molar-refractivity contribution in [3.05, 3.63) is 0 Å². The van der Waals surface area contributed by atoms with Gasteiger partial charge in [0.25, 0.3) is 0 Å². The highest BCUT2D eigenvalue weighted by Crippen LogP contribution is 2.02. The monoisotopic (exact) mass is 144 g/mol. The van der Waals surface area contributed by atoms with Crippen LogP contribution in [-0.4, -0.2) is 20.7 Å². The molecule has 1 amide bonds. The molecule has 6 heteroatoms. The molecule has 1 aromatic heterocycles. The van der Waals surface area contributed by atoms with E-state index in [9.17, 15) is 4.79 Å². The second-order valence-electron chi connectivity index (χ2n) is 1.35. The molecule has 0 bridgehead atoms. The van der Waals surface area contributed by atoms with E-state index in [1.807, 2.05) is 0 Å². The van der Waals surface area contributed by atoms with Crippen LogP contribution in [0.25, 0.3) is 0 Å². The van der Waals surface area contributed by atoms with Gasteiger partial charge in [-0.3, -0.25) is 10.1 Å². The van der Waals surface area contributed by atoms with Gasteiger partial charge in [0, 0.05) is 18.5 Å². The summed E-state index contributed by atoms with van der Waals surface area (Å²) in [5.41, 5.74) is 0. The number of amides is 1. The van der Waals surface area contributed by atoms with E-state index in [2.05, 4.69) is 20.1 Å². The number of carbonyl (C=O) groups is 1. The van der Waals surface area contributed by atoms with Gasteiger partial charge in [0.2, 0.25) is 11.0 Å². The normalized spacial score (nSPS) is 9.00. The summed E-state index contributed by atoms with van der Waals surface area (Å²) < 4.78 is 3.44. The lowest BCUT2D eigenvalue weighted by Crippen LogP contribution is -2.04. The topological polar surface area (TPSA) is 67.8 Å². The Morgan fingerprint density at radius 1 is 1.78 bits per heavy atom. The van der Waals surface area contributed by atoms with Crippen molar-refractivity contribution in [2.24, 2.45) is 0 Å². The second-order valence-corrected chi connectivity index (χ2v) is 2.08. The molecule has 0 aliphatic carbocycles. The first-order chi connectivity index (χ1) is 4.29. The number of nitrogens with one attached hydrogen (secondary N) is 1. The first-order valence-electron chi connectivity index (χ1n) is 2.21. The molecule has 1 N–H and O–H groups in total. The SMILES string of the molecule is CC(=O)Nc1nnns1. The highest BCUT2D eigenvalue weighted by Gasteiger charge is 1.96. The number of aromatic nitrogens is 3. The third kappa shape index (κ3) is 1.73. The Hall–Kier alpha value is -1.04. The van der Waals surface area contributed by atoms with Gasteiger partial charge in [-0.15, -0.1) is 0 Å². The summed E-state index contributed by atoms with van der Waals surface area (Å²) in [5, 5.41) is 9.62. The molecule has 0 aliphatic rings. The molecule has 0 spiro atoms. The summed E-state index contributed by atoms with van der Waals surface area (Å²) in [6, 6.07) is 0. The Morgan fingerprint density at radius 2 is 2.56 bits per heavy atom. The predicted octanol–water partition coefficient (Wildman–Crippen LogP) is -0.109. The Bertz CT molecular complexity index is 196. The van der Waals surface area contributed by atoms with Crippen LogP contribution in [0.4, 0.5) is 5.13 Å². The van der Waals surface area contributed by atoms with Gasteiger partial charge in [0.1, 0.15) is 0 Å². The van der Waals surface area contributed by atoms with Gasteiger partial charge in [-0.05, 0) is 5.21 Å². The van der Waals surface area contributed by atoms with Gasteiger partial charge in [0.05, 0.1) is 0 Å². The maximum absolute atomic E-state index is 10.3. The lowest BCUT2D eigenvalue weighted by atomic mass is 10.7. The Balaban J connectivity index is 2.58. The minimum atomic E-state index is -0.159. The van der Waals surface area contributed by atoms with Crippen molar-refractivity contribution < 1.29 is 4.79 Å². The minimum Gasteiger partial charge on any atom is -0.300 e. The smallest absolute Gasteiger partial charge is 0.231 e. The molecule has 1 aromatic rings. The van der Waals surface area contributed by atoms with E-state index in [1.54, 1.807) is 0 Å². The lowest BCUT2D eigenvalue weighted by molar-refractivity contribution is -0.114. The van der Waals surface area contributed by atoms with E-state index in [-0.39, 0.29) is 5.91 Å². The Labute approximate surface area is 55.2 Å². The maximum Gasteiger partial charge on any atom is 0.231 e. The summed E-state index contributed by atoms with van der Waals surface area (Å²) in [6.45, 7) is 1.40. The fourth-order valence-corrected chi connectivity index (χ4v) is 0.745. The zero-order valence-electron chi connectivity index (χ0n) is 4.66. The van der Waals surface area contributed by atoms with Gasteiger partial charge in [-0.1, -0.05) is 9.59 Å². The molecule has 48 valence electrons. The highest BCUT2D eigenvalue weighted by atomic mass is 32.1. The van der Waals surface area contributed by atoms with Gasteiger partial charge >= 0.3 is 0 Å². The number of hydrogen-bond donors (Lipinski definition) is 1. The average Bonchev–Trinajstić information content (AvgIpc) is 2.15. The van der Waals surface area contributed by atoms with Crippen LogP contribution >= 0.6 is 11.5 Å². The van der Waals surface area contributed by atoms with Crippen LogP contribution in [0.2, 0.25) is 0 Å². The Morgan fingerprint density at radius 3 is 3.00 bits per heavy atom. The van der Waals surface area contributed by atoms with Crippen molar-refractivity contribution in [1.82, 2.24) is 14.8 Å². The van der Waals surface area contributed by atoms with E-state index >= 15 is 0 Å². The van der Waals surface area contributed by atoms with Gasteiger partial charge in [0.15, 0.2) is 0 Å². The first-order valence-corrected chi connectivity index (χ1v) is 2.99. The standard InChI is InChI=1S/C3H4N4OS/c1-2(8)4-3-5-6-7-9-3/h1H3,(H,4,5,7,8). The predicted molar refractivity (Wildman–Crippen MR) is 32.0 cm³/mol. The maximum atomic E-state index is 10.3. The third-order valence-electron chi connectivity index (χ3n) is 0.582. The van der Waals surface area contributed by atoms with Crippen LogP contribution in [0.3, 0.4) is 0 Å². The van der Waals surface area contributed by atoms with Crippen LogP contribution in [-0.2, 0) is 4.79 Å². The molecule has 1 heterocycles. The van der Waals surface area contributed by atoms with E-state index < -0.39 is 0 Å². The highest BCUT2D eigenvalue weighted by molar-refractivity contribution is 7.09. The van der Waals surface area contributed by atoms with Crippen molar-refractivity contribution >= 4 is 22.6 Å². The van der Waals surface area contributed by atoms with Crippen LogP contribution in [0, 0.1) is 0 Å². The van der Waals surface area contributed by atoms with Crippen LogP contribution in [0.1, 0.15) is 6.92 Å². The largest absolute Gasteiger partial charge is 0.300 e. The van der Waals surface area contributed by atoms with Crippen molar-refractivity contribution in [1.29, 1.82) is 0 Å². The Kier molecular flexibility index (Phi) is 1.69. The van der Waals surface area contributed by atoms with Crippen LogP contribution in [0.15, 0.2) is 0 Å². The molecule has 0 unspecified atom stereocenters. The average molecular weight is 144 g/mol. The third-order valence-corrected chi connectivity index (χ3v) is 1.09. The number of nitrogens with zero attached hydrogens (tertiary/aromatic N) is 3. The molecule has 0 aromatic carbocycles. The molecule has 0 fully saturated rings. The summed E-state index contributed by atoms with van der Waals surface area (Å²) in [6.07, 6.45) is 0. The minimum absolute atomic E-state index is 0.159. The van der Waals surface area contributed by atoms with Crippen molar-refractivity contribution in [2.75, 3.05) is 5.32 Å². The summed E-state index contributed by atoms with van der Waals surface area (Å²) in [7, 11) is 0. The molecule has 0 saturated carbocycles. The first kappa shape index (κ1) is 6.09. The van der Waals surface area contributed by atoms with Crippen molar-refractivity contribution in [3.8, 4) is 0 Å². The number of rotatable bonds is 1. The van der Waals surface area contributed by atoms with E-state index in [0.29, 0.717) is 5.13 Å². The molecular weight excluding hydrogens is 140 g/mol. The van der Waals surface area contributed by atoms with Gasteiger partial charge in [-0.25, -0.2) is 0 Å². The van der Waals surface area contributed by atoms with Gasteiger partial charge < -0.3 is 0 Å². The summed E-state index contributed by atoms with van der Waals surface area (Å²) in [5.74, 6) is -0.159. The second kappa shape index (κ2) is 2.49. The van der Waals surface area contributed by atoms with Crippen molar-refractivity contribution in [2.45, 2.75) is 6.92 Å². The van der Waals surface area contributed by atoms with E-state index in [0.717, 1.165) is 11.5 Å². The molecule has 0 saturated heterocycles. The fourth-order valence-electron chi connectivity index (χ4n) is 0.332. The fraction of sp³-hybridized carbons (Fsp3) is 0.333. The van der Waals surface area contributed by atoms with Crippen molar-refractivity contribution in [3.63, 3.8) is 0 Å². The van der Waals surface area contributed by atoms with Crippen LogP contribution in [0.5, 0.6) is 0 Å². The molecule has 0 radical (unpaired) electrons. The molecular formula is C3H4N4OS. The summed E-state index contributed by atoms with van der Waals surface area (Å²) in [4.78, 5) is 10.3. The quantitative estimate of drug-likeness (QED) is 0.597. The van der Waals surface area contributed by atoms with Gasteiger partial charge in [-0.2, -0.15) is 0 Å². The molecule has 0 aliphatic heterocycles. The molecule has 5 nitrogen and oxygen atoms in total. The summed E-state index contributed by atoms with van der Waals surface area (Å²) >= 11 is 1.05. The van der Waals surface area contributed by atoms with E-state index in [1.165, 1.54) is 6.92 Å². The molecule has 9 heavy (non-hydrogen) atoms. The number of anilines is 1. The zero-order chi connectivity index (χ0) is 6.69. The molecule has 1 rings (SSSR count). The molecule has 0 atom stereocenters. The van der Waals surface area contributed by atoms with Crippen LogP contribution < -0.4 is 5.32 Å². The number of carbonyl (C=O) groups excluding carboxylic acids is 1. The van der Waals surface area contributed by atoms with E-state index in [4.69, 9.17) is 0 Å². The zero-order valence-corrected chi connectivity index (χ0v) is 5.47. The lowest BCUT2D eigenvalue weighted by Gasteiger charge is -1.88. The number of hydrogen-bond acceptors (Lipinski definition) is 5.